The lowest BCUT2D eigenvalue weighted by atomic mass is 10.1. The first-order valence-electron chi connectivity index (χ1n) is 5.95. The molecule has 0 saturated heterocycles. The van der Waals surface area contributed by atoms with Gasteiger partial charge in [-0.3, -0.25) is 0 Å². The first-order chi connectivity index (χ1) is 9.10. The van der Waals surface area contributed by atoms with Gasteiger partial charge < -0.3 is 10.1 Å². The van der Waals surface area contributed by atoms with Crippen LogP contribution in [0, 0.1) is 3.57 Å². The fraction of sp³-hybridized carbons (Fsp3) is 0.200. The summed E-state index contributed by atoms with van der Waals surface area (Å²) in [6, 6.07) is 14.8. The minimum atomic E-state index is 0.253. The van der Waals surface area contributed by atoms with E-state index >= 15 is 0 Å². The summed E-state index contributed by atoms with van der Waals surface area (Å²) < 4.78 is 7.51. The molecule has 19 heavy (non-hydrogen) atoms. The van der Waals surface area contributed by atoms with Crippen molar-refractivity contribution in [2.24, 2.45) is 0 Å². The maximum Gasteiger partial charge on any atom is 0.135 e. The van der Waals surface area contributed by atoms with Crippen LogP contribution in [-0.4, -0.2) is 7.11 Å². The van der Waals surface area contributed by atoms with Gasteiger partial charge in [0.2, 0.25) is 0 Å². The molecule has 0 spiro atoms. The lowest BCUT2D eigenvalue weighted by Gasteiger charge is -2.17. The molecule has 0 bridgehead atoms. The fourth-order valence-electron chi connectivity index (χ4n) is 1.83. The molecule has 0 aromatic heterocycles. The molecule has 2 rings (SSSR count). The van der Waals surface area contributed by atoms with E-state index < -0.39 is 0 Å². The molecule has 0 aliphatic carbocycles. The van der Waals surface area contributed by atoms with Crippen molar-refractivity contribution in [1.82, 2.24) is 0 Å². The van der Waals surface area contributed by atoms with Crippen LogP contribution in [0.1, 0.15) is 18.5 Å². The summed E-state index contributed by atoms with van der Waals surface area (Å²) in [4.78, 5) is 0. The zero-order valence-corrected chi connectivity index (χ0v) is 14.5. The van der Waals surface area contributed by atoms with Gasteiger partial charge in [-0.25, -0.2) is 0 Å². The molecule has 0 radical (unpaired) electrons. The monoisotopic (exact) mass is 431 g/mol. The molecule has 1 atom stereocenters. The predicted molar refractivity (Wildman–Crippen MR) is 91.9 cm³/mol. The summed E-state index contributed by atoms with van der Waals surface area (Å²) in [5.74, 6) is 0.833. The maximum absolute atomic E-state index is 5.30. The molecule has 0 saturated carbocycles. The highest BCUT2D eigenvalue weighted by Gasteiger charge is 2.07. The van der Waals surface area contributed by atoms with Gasteiger partial charge in [-0.2, -0.15) is 0 Å². The molecule has 4 heteroatoms. The molecular formula is C15H15BrINO. The van der Waals surface area contributed by atoms with Crippen molar-refractivity contribution < 1.29 is 4.74 Å². The van der Waals surface area contributed by atoms with E-state index in [4.69, 9.17) is 4.74 Å². The van der Waals surface area contributed by atoms with Crippen LogP contribution in [0.4, 0.5) is 5.69 Å². The molecule has 2 nitrogen and oxygen atoms in total. The van der Waals surface area contributed by atoms with E-state index in [1.807, 2.05) is 18.2 Å². The number of ether oxygens (including phenoxy) is 1. The fourth-order valence-corrected chi connectivity index (χ4v) is 2.60. The predicted octanol–water partition coefficient (Wildman–Crippen LogP) is 5.24. The number of hydrogen-bond acceptors (Lipinski definition) is 2. The highest BCUT2D eigenvalue weighted by Crippen LogP contribution is 2.29. The zero-order chi connectivity index (χ0) is 13.8. The van der Waals surface area contributed by atoms with Gasteiger partial charge in [0.05, 0.1) is 11.6 Å². The molecule has 100 valence electrons. The van der Waals surface area contributed by atoms with Gasteiger partial charge in [-0.05, 0) is 75.3 Å². The molecule has 0 amide bonds. The minimum Gasteiger partial charge on any atom is -0.495 e. The molecule has 2 aromatic carbocycles. The van der Waals surface area contributed by atoms with Crippen molar-refractivity contribution in [2.75, 3.05) is 12.4 Å². The van der Waals surface area contributed by atoms with Gasteiger partial charge >= 0.3 is 0 Å². The maximum atomic E-state index is 5.30. The second-order valence-corrected chi connectivity index (χ2v) is 6.37. The Morgan fingerprint density at radius 1 is 1.16 bits per heavy atom. The topological polar surface area (TPSA) is 21.3 Å². The third-order valence-electron chi connectivity index (χ3n) is 2.90. The normalized spacial score (nSPS) is 12.0. The van der Waals surface area contributed by atoms with E-state index in [9.17, 15) is 0 Å². The van der Waals surface area contributed by atoms with Crippen LogP contribution in [0.25, 0.3) is 0 Å². The van der Waals surface area contributed by atoms with E-state index in [-0.39, 0.29) is 6.04 Å². The third-order valence-corrected chi connectivity index (χ3v) is 4.28. The van der Waals surface area contributed by atoms with E-state index in [2.05, 4.69) is 75.0 Å². The molecule has 0 fully saturated rings. The quantitative estimate of drug-likeness (QED) is 0.668. The number of methoxy groups -OCH3 is 1. The Kier molecular flexibility index (Phi) is 5.10. The summed E-state index contributed by atoms with van der Waals surface area (Å²) in [5.41, 5.74) is 2.31. The van der Waals surface area contributed by atoms with Crippen molar-refractivity contribution >= 4 is 44.2 Å². The molecular weight excluding hydrogens is 417 g/mol. The van der Waals surface area contributed by atoms with Crippen molar-refractivity contribution in [2.45, 2.75) is 13.0 Å². The van der Waals surface area contributed by atoms with E-state index in [0.29, 0.717) is 0 Å². The van der Waals surface area contributed by atoms with Gasteiger partial charge in [0.1, 0.15) is 5.75 Å². The van der Waals surface area contributed by atoms with Gasteiger partial charge in [0, 0.05) is 21.4 Å². The Hall–Kier alpha value is -0.750. The van der Waals surface area contributed by atoms with Crippen molar-refractivity contribution in [3.63, 3.8) is 0 Å². The smallest absolute Gasteiger partial charge is 0.135 e. The number of hydrogen-bond donors (Lipinski definition) is 1. The average Bonchev–Trinajstić information content (AvgIpc) is 2.41. The van der Waals surface area contributed by atoms with Crippen LogP contribution in [-0.2, 0) is 0 Å². The van der Waals surface area contributed by atoms with Crippen molar-refractivity contribution in [3.8, 4) is 5.75 Å². The summed E-state index contributed by atoms with van der Waals surface area (Å²) in [6.07, 6.45) is 0. The van der Waals surface area contributed by atoms with Gasteiger partial charge in [0.15, 0.2) is 0 Å². The molecule has 2 aromatic rings. The van der Waals surface area contributed by atoms with Crippen LogP contribution in [0.3, 0.4) is 0 Å². The molecule has 0 aliphatic heterocycles. The van der Waals surface area contributed by atoms with Crippen molar-refractivity contribution in [3.05, 3.63) is 56.1 Å². The largest absolute Gasteiger partial charge is 0.495 e. The lowest BCUT2D eigenvalue weighted by Crippen LogP contribution is -2.06. The zero-order valence-electron chi connectivity index (χ0n) is 10.8. The van der Waals surface area contributed by atoms with Gasteiger partial charge in [0.25, 0.3) is 0 Å². The van der Waals surface area contributed by atoms with Gasteiger partial charge in [-0.15, -0.1) is 0 Å². The van der Waals surface area contributed by atoms with Crippen LogP contribution < -0.4 is 10.1 Å². The summed E-state index contributed by atoms with van der Waals surface area (Å²) in [5, 5.41) is 3.48. The van der Waals surface area contributed by atoms with Gasteiger partial charge in [-0.1, -0.05) is 12.1 Å². The van der Waals surface area contributed by atoms with Crippen LogP contribution in [0.2, 0.25) is 0 Å². The number of rotatable bonds is 4. The second-order valence-electron chi connectivity index (χ2n) is 4.27. The number of benzene rings is 2. The first kappa shape index (κ1) is 14.7. The lowest BCUT2D eigenvalue weighted by molar-refractivity contribution is 0.412. The summed E-state index contributed by atoms with van der Waals surface area (Å²) in [7, 11) is 1.67. The van der Waals surface area contributed by atoms with E-state index in [0.717, 1.165) is 15.9 Å². The highest BCUT2D eigenvalue weighted by atomic mass is 127. The average molecular weight is 432 g/mol. The Morgan fingerprint density at radius 3 is 2.47 bits per heavy atom. The second kappa shape index (κ2) is 6.61. The van der Waals surface area contributed by atoms with Crippen LogP contribution >= 0.6 is 38.5 Å². The summed E-state index contributed by atoms with van der Waals surface area (Å²) >= 11 is 5.77. The Bertz CT molecular complexity index is 557. The highest BCUT2D eigenvalue weighted by molar-refractivity contribution is 14.1. The minimum absolute atomic E-state index is 0.253. The molecule has 0 aliphatic rings. The number of anilines is 1. The Labute approximate surface area is 135 Å². The SMILES string of the molecule is COc1cc(NC(C)c2ccc(I)cc2)ccc1Br. The standard InChI is InChI=1S/C15H15BrINO/c1-10(11-3-5-12(17)6-4-11)18-13-7-8-14(16)15(9-13)19-2/h3-10,18H,1-2H3. The molecule has 1 N–H and O–H groups in total. The first-order valence-corrected chi connectivity index (χ1v) is 7.83. The van der Waals surface area contributed by atoms with Crippen LogP contribution in [0.15, 0.2) is 46.9 Å². The Morgan fingerprint density at radius 2 is 1.84 bits per heavy atom. The number of halogens is 2. The Balaban J connectivity index is 2.14. The third kappa shape index (κ3) is 3.86. The molecule has 0 heterocycles. The number of nitrogens with one attached hydrogen (secondary N) is 1. The molecule has 1 unspecified atom stereocenters. The van der Waals surface area contributed by atoms with E-state index in [1.165, 1.54) is 9.13 Å². The van der Waals surface area contributed by atoms with Crippen molar-refractivity contribution in [1.29, 1.82) is 0 Å². The summed E-state index contributed by atoms with van der Waals surface area (Å²) in [6.45, 7) is 2.15. The van der Waals surface area contributed by atoms with E-state index in [1.54, 1.807) is 7.11 Å². The van der Waals surface area contributed by atoms with Crippen LogP contribution in [0.5, 0.6) is 5.75 Å².